The Morgan fingerprint density at radius 1 is 1.28 bits per heavy atom. The van der Waals surface area contributed by atoms with Gasteiger partial charge in [0.1, 0.15) is 5.75 Å². The van der Waals surface area contributed by atoms with Crippen molar-refractivity contribution in [3.63, 3.8) is 0 Å². The van der Waals surface area contributed by atoms with E-state index in [2.05, 4.69) is 5.32 Å². The molecule has 0 radical (unpaired) electrons. The highest BCUT2D eigenvalue weighted by Gasteiger charge is 2.21. The third-order valence-electron chi connectivity index (χ3n) is 3.14. The number of nitrogens with one attached hydrogen (secondary N) is 1. The number of methoxy groups -OCH3 is 2. The average molecular weight is 251 g/mol. The average Bonchev–Trinajstić information content (AvgIpc) is 2.38. The maximum absolute atomic E-state index is 11.4. The van der Waals surface area contributed by atoms with E-state index in [4.69, 9.17) is 9.47 Å². The predicted molar refractivity (Wildman–Crippen MR) is 72.0 cm³/mol. The van der Waals surface area contributed by atoms with Gasteiger partial charge in [-0.05, 0) is 44.5 Å². The van der Waals surface area contributed by atoms with Gasteiger partial charge >= 0.3 is 5.97 Å². The van der Waals surface area contributed by atoms with Gasteiger partial charge in [-0.25, -0.2) is 0 Å². The molecule has 1 aromatic rings. The van der Waals surface area contributed by atoms with Crippen molar-refractivity contribution in [2.75, 3.05) is 19.5 Å². The van der Waals surface area contributed by atoms with Crippen LogP contribution >= 0.6 is 0 Å². The molecule has 0 aliphatic rings. The molecule has 0 aromatic heterocycles. The van der Waals surface area contributed by atoms with Gasteiger partial charge in [0, 0.05) is 11.7 Å². The first kappa shape index (κ1) is 14.4. The summed E-state index contributed by atoms with van der Waals surface area (Å²) in [6.45, 7) is 5.81. The molecule has 4 nitrogen and oxygen atoms in total. The maximum Gasteiger partial charge on any atom is 0.310 e. The summed E-state index contributed by atoms with van der Waals surface area (Å²) in [6, 6.07) is 5.81. The number of esters is 1. The molecule has 4 heteroatoms. The number of ether oxygens (including phenoxy) is 2. The Kier molecular flexibility index (Phi) is 5.01. The molecule has 2 unspecified atom stereocenters. The SMILES string of the molecule is COC(=O)C(C)C(C)Nc1ccc(OC)cc1C. The molecule has 1 rings (SSSR count). The van der Waals surface area contributed by atoms with Crippen LogP contribution < -0.4 is 10.1 Å². The molecular formula is C14H21NO3. The summed E-state index contributed by atoms with van der Waals surface area (Å²) in [5.74, 6) is 0.421. The van der Waals surface area contributed by atoms with Crippen molar-refractivity contribution in [2.24, 2.45) is 5.92 Å². The lowest BCUT2D eigenvalue weighted by Crippen LogP contribution is -2.30. The molecule has 18 heavy (non-hydrogen) atoms. The van der Waals surface area contributed by atoms with E-state index in [0.717, 1.165) is 17.0 Å². The fraction of sp³-hybridized carbons (Fsp3) is 0.500. The number of benzene rings is 1. The van der Waals surface area contributed by atoms with Crippen LogP contribution in [0.3, 0.4) is 0 Å². The van der Waals surface area contributed by atoms with E-state index < -0.39 is 0 Å². The van der Waals surface area contributed by atoms with Crippen molar-refractivity contribution >= 4 is 11.7 Å². The topological polar surface area (TPSA) is 47.6 Å². The van der Waals surface area contributed by atoms with E-state index in [0.29, 0.717) is 0 Å². The normalized spacial score (nSPS) is 13.6. The van der Waals surface area contributed by atoms with Crippen LogP contribution in [0.4, 0.5) is 5.69 Å². The van der Waals surface area contributed by atoms with E-state index in [1.165, 1.54) is 7.11 Å². The first-order chi connectivity index (χ1) is 8.49. The lowest BCUT2D eigenvalue weighted by atomic mass is 10.0. The van der Waals surface area contributed by atoms with E-state index in [1.807, 2.05) is 39.0 Å². The summed E-state index contributed by atoms with van der Waals surface area (Å²) < 4.78 is 9.89. The highest BCUT2D eigenvalue weighted by Crippen LogP contribution is 2.23. The summed E-state index contributed by atoms with van der Waals surface area (Å²) in [5, 5.41) is 3.32. The van der Waals surface area contributed by atoms with Crippen LogP contribution in [0, 0.1) is 12.8 Å². The van der Waals surface area contributed by atoms with E-state index >= 15 is 0 Å². The molecule has 100 valence electrons. The van der Waals surface area contributed by atoms with Crippen LogP contribution in [-0.2, 0) is 9.53 Å². The highest BCUT2D eigenvalue weighted by atomic mass is 16.5. The second kappa shape index (κ2) is 6.28. The Bertz CT molecular complexity index is 418. The molecule has 2 atom stereocenters. The second-order valence-electron chi connectivity index (χ2n) is 4.43. The summed E-state index contributed by atoms with van der Waals surface area (Å²) in [7, 11) is 3.05. The molecule has 0 bridgehead atoms. The quantitative estimate of drug-likeness (QED) is 0.817. The van der Waals surface area contributed by atoms with Gasteiger partial charge in [-0.1, -0.05) is 0 Å². The van der Waals surface area contributed by atoms with Crippen LogP contribution in [-0.4, -0.2) is 26.2 Å². The van der Waals surface area contributed by atoms with Crippen LogP contribution in [0.1, 0.15) is 19.4 Å². The van der Waals surface area contributed by atoms with Crippen LogP contribution in [0.5, 0.6) is 5.75 Å². The minimum absolute atomic E-state index is 0.00421. The van der Waals surface area contributed by atoms with Gasteiger partial charge in [-0.3, -0.25) is 4.79 Å². The van der Waals surface area contributed by atoms with E-state index in [9.17, 15) is 4.79 Å². The minimum atomic E-state index is -0.207. The first-order valence-electron chi connectivity index (χ1n) is 5.98. The Balaban J connectivity index is 2.75. The summed E-state index contributed by atoms with van der Waals surface area (Å²) >= 11 is 0. The number of aryl methyl sites for hydroxylation is 1. The number of anilines is 1. The monoisotopic (exact) mass is 251 g/mol. The predicted octanol–water partition coefficient (Wildman–Crippen LogP) is 2.61. The van der Waals surface area contributed by atoms with Gasteiger partial charge in [-0.15, -0.1) is 0 Å². The highest BCUT2D eigenvalue weighted by molar-refractivity contribution is 5.73. The lowest BCUT2D eigenvalue weighted by molar-refractivity contribution is -0.145. The Labute approximate surface area is 108 Å². The van der Waals surface area contributed by atoms with Crippen molar-refractivity contribution < 1.29 is 14.3 Å². The third-order valence-corrected chi connectivity index (χ3v) is 3.14. The third kappa shape index (κ3) is 3.39. The molecule has 1 N–H and O–H groups in total. The summed E-state index contributed by atoms with van der Waals surface area (Å²) in [4.78, 5) is 11.4. The lowest BCUT2D eigenvalue weighted by Gasteiger charge is -2.21. The summed E-state index contributed by atoms with van der Waals surface area (Å²) in [5.41, 5.74) is 2.08. The molecule has 0 fully saturated rings. The minimum Gasteiger partial charge on any atom is -0.497 e. The number of carbonyl (C=O) groups excluding carboxylic acids is 1. The number of hydrogen-bond donors (Lipinski definition) is 1. The molecule has 0 saturated heterocycles. The van der Waals surface area contributed by atoms with Gasteiger partial charge in [0.2, 0.25) is 0 Å². The largest absolute Gasteiger partial charge is 0.497 e. The van der Waals surface area contributed by atoms with Gasteiger partial charge in [0.05, 0.1) is 20.1 Å². The zero-order valence-electron chi connectivity index (χ0n) is 11.6. The molecule has 0 heterocycles. The molecule has 0 saturated carbocycles. The van der Waals surface area contributed by atoms with Crippen LogP contribution in [0.25, 0.3) is 0 Å². The van der Waals surface area contributed by atoms with Crippen molar-refractivity contribution in [1.29, 1.82) is 0 Å². The number of carbonyl (C=O) groups is 1. The van der Waals surface area contributed by atoms with Crippen molar-refractivity contribution in [3.8, 4) is 5.75 Å². The smallest absolute Gasteiger partial charge is 0.310 e. The van der Waals surface area contributed by atoms with Crippen molar-refractivity contribution in [2.45, 2.75) is 26.8 Å². The first-order valence-corrected chi connectivity index (χ1v) is 5.98. The second-order valence-corrected chi connectivity index (χ2v) is 4.43. The Morgan fingerprint density at radius 3 is 2.44 bits per heavy atom. The maximum atomic E-state index is 11.4. The van der Waals surface area contributed by atoms with Crippen molar-refractivity contribution in [1.82, 2.24) is 0 Å². The molecular weight excluding hydrogens is 230 g/mol. The van der Waals surface area contributed by atoms with Gasteiger partial charge in [0.15, 0.2) is 0 Å². The van der Waals surface area contributed by atoms with Gasteiger partial charge < -0.3 is 14.8 Å². The molecule has 0 amide bonds. The fourth-order valence-electron chi connectivity index (χ4n) is 1.69. The van der Waals surface area contributed by atoms with Crippen molar-refractivity contribution in [3.05, 3.63) is 23.8 Å². The van der Waals surface area contributed by atoms with E-state index in [-0.39, 0.29) is 17.9 Å². The fourth-order valence-corrected chi connectivity index (χ4v) is 1.69. The van der Waals surface area contributed by atoms with Crippen LogP contribution in [0.2, 0.25) is 0 Å². The summed E-state index contributed by atoms with van der Waals surface area (Å²) in [6.07, 6.45) is 0. The molecule has 0 aliphatic heterocycles. The standard InChI is InChI=1S/C14H21NO3/c1-9-8-12(17-4)6-7-13(9)15-11(3)10(2)14(16)18-5/h6-8,10-11,15H,1-5H3. The Morgan fingerprint density at radius 2 is 1.94 bits per heavy atom. The zero-order chi connectivity index (χ0) is 13.7. The molecule has 0 aliphatic carbocycles. The molecule has 1 aromatic carbocycles. The van der Waals surface area contributed by atoms with Gasteiger partial charge in [0.25, 0.3) is 0 Å². The Hall–Kier alpha value is -1.71. The zero-order valence-corrected chi connectivity index (χ0v) is 11.6. The number of rotatable bonds is 5. The van der Waals surface area contributed by atoms with Gasteiger partial charge in [-0.2, -0.15) is 0 Å². The number of hydrogen-bond acceptors (Lipinski definition) is 4. The van der Waals surface area contributed by atoms with E-state index in [1.54, 1.807) is 7.11 Å². The van der Waals surface area contributed by atoms with Crippen LogP contribution in [0.15, 0.2) is 18.2 Å². The molecule has 0 spiro atoms.